The molecule has 0 bridgehead atoms. The van der Waals surface area contributed by atoms with Crippen LogP contribution >= 0.6 is 7.37 Å². The summed E-state index contributed by atoms with van der Waals surface area (Å²) >= 11 is 0. The van der Waals surface area contributed by atoms with Crippen LogP contribution in [0.4, 0.5) is 11.4 Å². The monoisotopic (exact) mass is 336 g/mol. The minimum atomic E-state index is -2.59. The first-order valence-corrected chi connectivity index (χ1v) is 9.67. The molecule has 1 aromatic carbocycles. The summed E-state index contributed by atoms with van der Waals surface area (Å²) < 4.78 is 18.5. The largest absolute Gasteiger partial charge is 0.399 e. The van der Waals surface area contributed by atoms with Gasteiger partial charge in [0.1, 0.15) is 0 Å². The molecule has 0 radical (unpaired) electrons. The second-order valence-electron chi connectivity index (χ2n) is 7.52. The number of nitrogens with zero attached hydrogens (tertiary/aromatic N) is 2. The van der Waals surface area contributed by atoms with Crippen LogP contribution in [0.5, 0.6) is 0 Å². The second kappa shape index (κ2) is 4.38. The summed E-state index contributed by atoms with van der Waals surface area (Å²) in [4.78, 5) is 13.6. The molecule has 7 heteroatoms. The van der Waals surface area contributed by atoms with Crippen LogP contribution in [0, 0.1) is 12.8 Å². The van der Waals surface area contributed by atoms with Gasteiger partial charge in [-0.15, -0.1) is 0 Å². The number of nitrogen functional groups attached to an aromatic ring is 1. The number of benzene rings is 1. The lowest BCUT2D eigenvalue weighted by atomic mass is 10.0. The molecule has 23 heavy (non-hydrogen) atoms. The fraction of sp³-hybridized carbons (Fsp3) is 0.562. The third-order valence-electron chi connectivity index (χ3n) is 5.65. The number of fused-ring (bicyclic) bond motifs is 1. The van der Waals surface area contributed by atoms with Crippen molar-refractivity contribution in [1.29, 1.82) is 0 Å². The van der Waals surface area contributed by atoms with Crippen molar-refractivity contribution in [3.05, 3.63) is 23.8 Å². The highest BCUT2D eigenvalue weighted by Gasteiger charge is 3.03. The summed E-state index contributed by atoms with van der Waals surface area (Å²) in [7, 11) is 1.03. The first-order valence-electron chi connectivity index (χ1n) is 7.97. The minimum absolute atomic E-state index is 0.134. The lowest BCUT2D eigenvalue weighted by Crippen LogP contribution is -2.48. The normalized spacial score (nSPS) is 38.3. The van der Waals surface area contributed by atoms with Crippen molar-refractivity contribution < 1.29 is 18.4 Å². The minimum Gasteiger partial charge on any atom is -0.399 e. The molecule has 0 spiro atoms. The first-order chi connectivity index (χ1) is 10.8. The van der Waals surface area contributed by atoms with Crippen LogP contribution in [0.1, 0.15) is 12.0 Å². The lowest BCUT2D eigenvalue weighted by Gasteiger charge is -2.26. The fourth-order valence-electron chi connectivity index (χ4n) is 4.25. The molecule has 0 aliphatic carbocycles. The lowest BCUT2D eigenvalue weighted by molar-refractivity contribution is -0.817. The Balaban J connectivity index is 1.53. The predicted octanol–water partition coefficient (Wildman–Crippen LogP) is 1.98. The Kier molecular flexibility index (Phi) is 2.89. The zero-order valence-corrected chi connectivity index (χ0v) is 14.6. The molecule has 4 atom stereocenters. The third kappa shape index (κ3) is 1.83. The van der Waals surface area contributed by atoms with Gasteiger partial charge in [-0.05, 0) is 37.1 Å². The Morgan fingerprint density at radius 1 is 1.48 bits per heavy atom. The van der Waals surface area contributed by atoms with Gasteiger partial charge >= 0.3 is 13.8 Å². The van der Waals surface area contributed by atoms with E-state index < -0.39 is 12.7 Å². The maximum atomic E-state index is 12.8. The van der Waals surface area contributed by atoms with Crippen LogP contribution in [0.15, 0.2) is 18.2 Å². The van der Waals surface area contributed by atoms with Gasteiger partial charge in [-0.3, -0.25) is 13.6 Å². The molecule has 4 unspecified atom stereocenters. The van der Waals surface area contributed by atoms with E-state index >= 15 is 0 Å². The van der Waals surface area contributed by atoms with Crippen molar-refractivity contribution in [3.63, 3.8) is 0 Å². The quantitative estimate of drug-likeness (QED) is 0.299. The van der Waals surface area contributed by atoms with Crippen LogP contribution in [-0.4, -0.2) is 49.2 Å². The van der Waals surface area contributed by atoms with Gasteiger partial charge < -0.3 is 10.6 Å². The maximum Gasteiger partial charge on any atom is 0.302 e. The van der Waals surface area contributed by atoms with E-state index in [0.29, 0.717) is 0 Å². The highest BCUT2D eigenvalue weighted by atomic mass is 31.2. The van der Waals surface area contributed by atoms with E-state index in [0.717, 1.165) is 42.9 Å². The van der Waals surface area contributed by atoms with Gasteiger partial charge in [0.2, 0.25) is 11.1 Å². The Labute approximate surface area is 136 Å². The molecule has 1 aromatic rings. The number of aryl methyl sites for hydroxylation is 1. The highest BCUT2D eigenvalue weighted by molar-refractivity contribution is 7.76. The molecule has 3 saturated heterocycles. The van der Waals surface area contributed by atoms with Gasteiger partial charge in [-0.2, -0.15) is 0 Å². The number of anilines is 2. The summed E-state index contributed by atoms with van der Waals surface area (Å²) in [6.07, 6.45) is 1.82. The standard InChI is InChI=1S/C16H23N3O3P/c1-11-8-13(4-5-14(11)17)18-7-6-12(9-18)16-15(19(2,3)10-20)23(16,21)22-16/h4-5,8,10,12,15H,6-7,9,17H2,1-3H3/q+1. The van der Waals surface area contributed by atoms with E-state index in [9.17, 15) is 9.36 Å². The fourth-order valence-corrected chi connectivity index (χ4v) is 8.18. The Hall–Kier alpha value is -1.36. The molecule has 3 aliphatic heterocycles. The maximum absolute atomic E-state index is 12.8. The molecule has 6 nitrogen and oxygen atoms in total. The smallest absolute Gasteiger partial charge is 0.302 e. The second-order valence-corrected chi connectivity index (χ2v) is 10.1. The molecular formula is C16H23N3O3P+. The third-order valence-corrected chi connectivity index (χ3v) is 9.08. The average Bonchev–Trinajstić information content (AvgIpc) is 3.13. The van der Waals surface area contributed by atoms with E-state index in [1.807, 2.05) is 33.2 Å². The molecule has 4 rings (SSSR count). The van der Waals surface area contributed by atoms with Crippen LogP contribution < -0.4 is 10.6 Å². The molecule has 3 aliphatic rings. The van der Waals surface area contributed by atoms with Crippen LogP contribution in [0.3, 0.4) is 0 Å². The number of likely N-dealkylation sites (N-methyl/N-ethyl adjacent to an activating group) is 1. The Morgan fingerprint density at radius 3 is 2.83 bits per heavy atom. The van der Waals surface area contributed by atoms with Gasteiger partial charge in [0.15, 0.2) is 0 Å². The number of hydrogen-bond donors (Lipinski definition) is 1. The summed E-state index contributed by atoms with van der Waals surface area (Å²) in [6.45, 7) is 3.74. The van der Waals surface area contributed by atoms with Crippen molar-refractivity contribution in [2.45, 2.75) is 24.5 Å². The number of carbonyl (C=O) groups is 1. The zero-order valence-electron chi connectivity index (χ0n) is 13.7. The zero-order chi connectivity index (χ0) is 16.6. The number of nitrogens with two attached hydrogens (primary N) is 1. The number of carbonyl (C=O) groups excluding carboxylic acids is 1. The predicted molar refractivity (Wildman–Crippen MR) is 89.3 cm³/mol. The molecule has 3 heterocycles. The van der Waals surface area contributed by atoms with Crippen molar-refractivity contribution in [3.8, 4) is 0 Å². The van der Waals surface area contributed by atoms with Gasteiger partial charge in [0, 0.05) is 30.4 Å². The molecule has 1 amide bonds. The Morgan fingerprint density at radius 2 is 2.22 bits per heavy atom. The van der Waals surface area contributed by atoms with Gasteiger partial charge in [0.05, 0.1) is 14.1 Å². The summed E-state index contributed by atoms with van der Waals surface area (Å²) in [5, 5.41) is -0.533. The van der Waals surface area contributed by atoms with E-state index in [1.165, 1.54) is 0 Å². The van der Waals surface area contributed by atoms with E-state index in [2.05, 4.69) is 11.0 Å². The molecular weight excluding hydrogens is 313 g/mol. The van der Waals surface area contributed by atoms with Gasteiger partial charge in [-0.1, -0.05) is 0 Å². The highest BCUT2D eigenvalue weighted by Crippen LogP contribution is 3.03. The summed E-state index contributed by atoms with van der Waals surface area (Å²) in [5.74, 6) is 0.0825. The van der Waals surface area contributed by atoms with E-state index in [4.69, 9.17) is 10.3 Å². The Bertz CT molecular complexity index is 750. The first kappa shape index (κ1) is 15.2. The molecule has 0 saturated carbocycles. The average molecular weight is 336 g/mol. The van der Waals surface area contributed by atoms with Gasteiger partial charge in [-0.25, -0.2) is 4.79 Å². The molecule has 2 N–H and O–H groups in total. The van der Waals surface area contributed by atoms with Crippen LogP contribution in [0.2, 0.25) is 0 Å². The number of quaternary nitrogens is 1. The van der Waals surface area contributed by atoms with Gasteiger partial charge in [0.25, 0.3) is 0 Å². The van der Waals surface area contributed by atoms with E-state index in [-0.39, 0.29) is 16.2 Å². The SMILES string of the molecule is Cc1cc(N2CCC(C34OP3(=O)C4[N+](C)(C)C=O)C2)ccc1N. The molecule has 124 valence electrons. The number of hydrogen-bond acceptors (Lipinski definition) is 5. The number of amides is 1. The van der Waals surface area contributed by atoms with Crippen molar-refractivity contribution in [1.82, 2.24) is 0 Å². The van der Waals surface area contributed by atoms with Crippen LogP contribution in [-0.2, 0) is 13.9 Å². The van der Waals surface area contributed by atoms with Crippen molar-refractivity contribution in [2.24, 2.45) is 5.92 Å². The summed E-state index contributed by atoms with van der Waals surface area (Å²) in [6, 6.07) is 6.06. The van der Waals surface area contributed by atoms with E-state index in [1.54, 1.807) is 0 Å². The van der Waals surface area contributed by atoms with Crippen molar-refractivity contribution >= 4 is 25.2 Å². The van der Waals surface area contributed by atoms with Crippen molar-refractivity contribution in [2.75, 3.05) is 37.8 Å². The van der Waals surface area contributed by atoms with Crippen LogP contribution in [0.25, 0.3) is 0 Å². The topological polar surface area (TPSA) is 75.9 Å². The summed E-state index contributed by atoms with van der Waals surface area (Å²) in [5.41, 5.74) is 8.90. The molecule has 3 fully saturated rings. The molecule has 0 aromatic heterocycles. The number of rotatable bonds is 4.